The zero-order valence-electron chi connectivity index (χ0n) is 17.4. The zero-order valence-corrected chi connectivity index (χ0v) is 18.2. The highest BCUT2D eigenvalue weighted by Crippen LogP contribution is 2.42. The number of fused-ring (bicyclic) bond motifs is 2. The first-order valence-corrected chi connectivity index (χ1v) is 11.0. The molecular formula is C25H22N2O3S. The van der Waals surface area contributed by atoms with Crippen molar-refractivity contribution >= 4 is 38.3 Å². The Morgan fingerprint density at radius 3 is 2.65 bits per heavy atom. The van der Waals surface area contributed by atoms with Crippen LogP contribution < -0.4 is 14.4 Å². The highest BCUT2D eigenvalue weighted by Gasteiger charge is 2.32. The smallest absolute Gasteiger partial charge is 0.271 e. The predicted octanol–water partition coefficient (Wildman–Crippen LogP) is 5.75. The van der Waals surface area contributed by atoms with Crippen LogP contribution in [0.4, 0.5) is 10.8 Å². The molecule has 5 nitrogen and oxygen atoms in total. The van der Waals surface area contributed by atoms with Crippen molar-refractivity contribution in [1.82, 2.24) is 4.98 Å². The minimum absolute atomic E-state index is 0.120. The number of para-hydroxylation sites is 3. The van der Waals surface area contributed by atoms with Crippen LogP contribution in [0.2, 0.25) is 0 Å². The van der Waals surface area contributed by atoms with Gasteiger partial charge in [0.25, 0.3) is 5.91 Å². The summed E-state index contributed by atoms with van der Waals surface area (Å²) in [6.07, 6.45) is 0.815. The lowest BCUT2D eigenvalue weighted by Crippen LogP contribution is -2.31. The zero-order chi connectivity index (χ0) is 21.4. The van der Waals surface area contributed by atoms with E-state index in [1.54, 1.807) is 4.90 Å². The molecular weight excluding hydrogens is 408 g/mol. The number of ether oxygens (including phenoxy) is 2. The minimum Gasteiger partial charge on any atom is -0.483 e. The molecule has 0 spiro atoms. The lowest BCUT2D eigenvalue weighted by atomic mass is 10.0. The summed E-state index contributed by atoms with van der Waals surface area (Å²) in [6.45, 7) is 3.98. The number of rotatable bonds is 5. The first-order chi connectivity index (χ1) is 15.0. The van der Waals surface area contributed by atoms with E-state index >= 15 is 0 Å². The second kappa shape index (κ2) is 7.71. The van der Waals surface area contributed by atoms with Gasteiger partial charge in [-0.3, -0.25) is 9.69 Å². The van der Waals surface area contributed by atoms with Crippen molar-refractivity contribution in [3.63, 3.8) is 0 Å². The highest BCUT2D eigenvalue weighted by atomic mass is 32.1. The summed E-state index contributed by atoms with van der Waals surface area (Å²) < 4.78 is 13.1. The Labute approximate surface area is 184 Å². The molecule has 2 heterocycles. The van der Waals surface area contributed by atoms with Gasteiger partial charge in [-0.2, -0.15) is 0 Å². The number of aromatic nitrogens is 1. The van der Waals surface area contributed by atoms with Gasteiger partial charge in [0.15, 0.2) is 23.2 Å². The molecule has 0 bridgehead atoms. The van der Waals surface area contributed by atoms with Gasteiger partial charge in [0, 0.05) is 12.0 Å². The van der Waals surface area contributed by atoms with E-state index in [2.05, 4.69) is 4.98 Å². The average Bonchev–Trinajstić information content (AvgIpc) is 3.32. The first-order valence-electron chi connectivity index (χ1n) is 10.2. The SMILES string of the molecule is CC1(C)Cc2cccc(OCC(=O)N(c3ccccc3)c3nc4ccccc4s3)c2O1. The van der Waals surface area contributed by atoms with Gasteiger partial charge < -0.3 is 9.47 Å². The van der Waals surface area contributed by atoms with Gasteiger partial charge in [0.1, 0.15) is 5.60 Å². The minimum atomic E-state index is -0.275. The van der Waals surface area contributed by atoms with Crippen molar-refractivity contribution in [2.75, 3.05) is 11.5 Å². The number of benzene rings is 3. The normalized spacial score (nSPS) is 14.1. The fourth-order valence-corrected chi connectivity index (χ4v) is 4.80. The molecule has 0 saturated carbocycles. The molecule has 1 aliphatic rings. The molecule has 5 rings (SSSR count). The second-order valence-electron chi connectivity index (χ2n) is 8.10. The van der Waals surface area contributed by atoms with Crippen LogP contribution in [-0.2, 0) is 11.2 Å². The summed E-state index contributed by atoms with van der Waals surface area (Å²) in [5, 5.41) is 0.622. The van der Waals surface area contributed by atoms with Crippen LogP contribution in [0.1, 0.15) is 19.4 Å². The lowest BCUT2D eigenvalue weighted by Gasteiger charge is -2.21. The fraction of sp³-hybridized carbons (Fsp3) is 0.200. The maximum atomic E-state index is 13.3. The van der Waals surface area contributed by atoms with Crippen molar-refractivity contribution in [2.45, 2.75) is 25.9 Å². The number of carbonyl (C=O) groups is 1. The molecule has 0 unspecified atom stereocenters. The van der Waals surface area contributed by atoms with Crippen molar-refractivity contribution in [3.05, 3.63) is 78.4 Å². The molecule has 0 radical (unpaired) electrons. The predicted molar refractivity (Wildman–Crippen MR) is 124 cm³/mol. The number of carbonyl (C=O) groups excluding carboxylic acids is 1. The van der Waals surface area contributed by atoms with Gasteiger partial charge in [0.05, 0.1) is 15.9 Å². The molecule has 1 amide bonds. The van der Waals surface area contributed by atoms with Gasteiger partial charge in [-0.1, -0.05) is 53.8 Å². The number of nitrogens with zero attached hydrogens (tertiary/aromatic N) is 2. The van der Waals surface area contributed by atoms with Crippen LogP contribution in [0.15, 0.2) is 72.8 Å². The molecule has 0 saturated heterocycles. The van der Waals surface area contributed by atoms with Crippen LogP contribution in [0.3, 0.4) is 0 Å². The average molecular weight is 431 g/mol. The Hall–Kier alpha value is -3.38. The van der Waals surface area contributed by atoms with E-state index in [4.69, 9.17) is 9.47 Å². The third-order valence-corrected chi connectivity index (χ3v) is 6.17. The fourth-order valence-electron chi connectivity index (χ4n) is 3.80. The maximum absolute atomic E-state index is 13.3. The molecule has 1 aromatic heterocycles. The third kappa shape index (κ3) is 3.86. The standard InChI is InChI=1S/C25H22N2O3S/c1-25(2)15-17-9-8-13-20(23(17)30-25)29-16-22(28)27(18-10-4-3-5-11-18)24-26-19-12-6-7-14-21(19)31-24/h3-14H,15-16H2,1-2H3. The van der Waals surface area contributed by atoms with Crippen molar-refractivity contribution in [2.24, 2.45) is 0 Å². The van der Waals surface area contributed by atoms with E-state index in [9.17, 15) is 4.79 Å². The Kier molecular flexibility index (Phi) is 4.87. The van der Waals surface area contributed by atoms with E-state index in [-0.39, 0.29) is 18.1 Å². The molecule has 0 fully saturated rings. The van der Waals surface area contributed by atoms with Crippen molar-refractivity contribution in [3.8, 4) is 11.5 Å². The summed E-state index contributed by atoms with van der Waals surface area (Å²) in [5.41, 5.74) is 2.45. The van der Waals surface area contributed by atoms with E-state index in [0.717, 1.165) is 33.6 Å². The number of hydrogen-bond donors (Lipinski definition) is 0. The van der Waals surface area contributed by atoms with Crippen molar-refractivity contribution < 1.29 is 14.3 Å². The van der Waals surface area contributed by atoms with E-state index in [0.29, 0.717) is 10.9 Å². The van der Waals surface area contributed by atoms with E-state index in [1.165, 1.54) is 11.3 Å². The van der Waals surface area contributed by atoms with E-state index < -0.39 is 0 Å². The monoisotopic (exact) mass is 430 g/mol. The summed E-state index contributed by atoms with van der Waals surface area (Å²) in [7, 11) is 0. The van der Waals surface area contributed by atoms with Gasteiger partial charge in [-0.15, -0.1) is 0 Å². The molecule has 0 N–H and O–H groups in total. The molecule has 3 aromatic carbocycles. The van der Waals surface area contributed by atoms with E-state index in [1.807, 2.05) is 86.6 Å². The number of anilines is 2. The van der Waals surface area contributed by atoms with Gasteiger partial charge in [0.2, 0.25) is 0 Å². The number of thiazole rings is 1. The molecule has 4 aromatic rings. The Morgan fingerprint density at radius 1 is 1.06 bits per heavy atom. The third-order valence-electron chi connectivity index (χ3n) is 5.14. The van der Waals surface area contributed by atoms with Crippen LogP contribution >= 0.6 is 11.3 Å². The van der Waals surface area contributed by atoms with Gasteiger partial charge >= 0.3 is 0 Å². The summed E-state index contributed by atoms with van der Waals surface area (Å²) >= 11 is 1.48. The first kappa shape index (κ1) is 19.6. The lowest BCUT2D eigenvalue weighted by molar-refractivity contribution is -0.119. The van der Waals surface area contributed by atoms with Gasteiger partial charge in [-0.25, -0.2) is 4.98 Å². The summed E-state index contributed by atoms with van der Waals surface area (Å²) in [4.78, 5) is 19.7. The highest BCUT2D eigenvalue weighted by molar-refractivity contribution is 7.22. The number of hydrogen-bond acceptors (Lipinski definition) is 5. The van der Waals surface area contributed by atoms with Crippen LogP contribution in [0.25, 0.3) is 10.2 Å². The number of amides is 1. The molecule has 1 aliphatic heterocycles. The maximum Gasteiger partial charge on any atom is 0.271 e. The molecule has 6 heteroatoms. The van der Waals surface area contributed by atoms with Crippen LogP contribution in [0, 0.1) is 0 Å². The molecule has 31 heavy (non-hydrogen) atoms. The molecule has 0 aliphatic carbocycles. The van der Waals surface area contributed by atoms with Gasteiger partial charge in [-0.05, 0) is 44.2 Å². The quantitative estimate of drug-likeness (QED) is 0.404. The summed E-state index contributed by atoms with van der Waals surface area (Å²) in [6, 6.07) is 23.2. The van der Waals surface area contributed by atoms with Crippen molar-refractivity contribution in [1.29, 1.82) is 0 Å². The topological polar surface area (TPSA) is 51.7 Å². The Bertz CT molecular complexity index is 1220. The Morgan fingerprint density at radius 2 is 1.84 bits per heavy atom. The van der Waals surface area contributed by atoms with Crippen LogP contribution in [-0.4, -0.2) is 23.1 Å². The Balaban J connectivity index is 1.43. The molecule has 156 valence electrons. The largest absolute Gasteiger partial charge is 0.483 e. The summed E-state index contributed by atoms with van der Waals surface area (Å²) in [5.74, 6) is 1.13. The van der Waals surface area contributed by atoms with Crippen LogP contribution in [0.5, 0.6) is 11.5 Å². The second-order valence-corrected chi connectivity index (χ2v) is 9.11. The molecule has 0 atom stereocenters.